The monoisotopic (exact) mass is 683 g/mol. The number of unbranched alkanes of at least 4 members (excludes halogenated alkanes) is 3. The van der Waals surface area contributed by atoms with Gasteiger partial charge < -0.3 is 0 Å². The van der Waals surface area contributed by atoms with Crippen LogP contribution >= 0.6 is 0 Å². The van der Waals surface area contributed by atoms with Crippen LogP contribution in [-0.4, -0.2) is 64.6 Å². The Morgan fingerprint density at radius 2 is 1.43 bits per heavy atom. The Bertz CT molecular complexity index is 879. The SMILES string of the molecule is CCC[CH2][Sn]([CH2]CCC)([CH2]CCC)[C@@H]1[C@H](O[Si](C)(C)C(C)(C)C)[C@@H](C(=O)OCC)N(c2ccc(OC)cc2)[C@@H]1C. The summed E-state index contributed by atoms with van der Waals surface area (Å²) in [4.78, 5) is 16.4. The van der Waals surface area contributed by atoms with Crippen LogP contribution in [0.15, 0.2) is 24.3 Å². The minimum absolute atomic E-state index is 0.0575. The van der Waals surface area contributed by atoms with Gasteiger partial charge in [0.25, 0.3) is 0 Å². The van der Waals surface area contributed by atoms with Crippen LogP contribution in [-0.2, 0) is 14.0 Å². The van der Waals surface area contributed by atoms with Gasteiger partial charge in [-0.25, -0.2) is 0 Å². The van der Waals surface area contributed by atoms with E-state index in [1.807, 2.05) is 19.1 Å². The molecule has 0 amide bonds. The Kier molecular flexibility index (Phi) is 13.9. The number of methoxy groups -OCH3 is 1. The maximum atomic E-state index is 14.0. The molecule has 5 nitrogen and oxygen atoms in total. The van der Waals surface area contributed by atoms with Gasteiger partial charge in [0.15, 0.2) is 0 Å². The summed E-state index contributed by atoms with van der Waals surface area (Å²) in [5.74, 6) is 0.703. The molecule has 1 fully saturated rings. The van der Waals surface area contributed by atoms with Gasteiger partial charge in [0.05, 0.1) is 0 Å². The van der Waals surface area contributed by atoms with Gasteiger partial charge in [-0.15, -0.1) is 0 Å². The molecule has 1 aliphatic heterocycles. The molecule has 0 saturated carbocycles. The van der Waals surface area contributed by atoms with E-state index >= 15 is 0 Å². The number of hydrogen-bond donors (Lipinski definition) is 0. The molecule has 4 atom stereocenters. The van der Waals surface area contributed by atoms with Crippen molar-refractivity contribution >= 4 is 38.4 Å². The summed E-state index contributed by atoms with van der Waals surface area (Å²) in [5, 5.41) is 0.0575. The molecule has 0 radical (unpaired) electrons. The molecule has 0 N–H and O–H groups in total. The second kappa shape index (κ2) is 15.7. The number of hydrogen-bond acceptors (Lipinski definition) is 5. The van der Waals surface area contributed by atoms with Gasteiger partial charge in [-0.05, 0) is 0 Å². The molecule has 1 heterocycles. The molecule has 1 aliphatic rings. The fourth-order valence-corrected chi connectivity index (χ4v) is 28.5. The number of carbonyl (C=O) groups is 1. The fourth-order valence-electron chi connectivity index (χ4n) is 6.66. The number of nitrogens with zero attached hydrogens (tertiary/aromatic N) is 1. The minimum atomic E-state index is -2.92. The van der Waals surface area contributed by atoms with E-state index in [0.29, 0.717) is 10.5 Å². The van der Waals surface area contributed by atoms with Crippen LogP contribution in [0.5, 0.6) is 5.75 Å². The molecule has 1 aromatic rings. The number of benzene rings is 1. The average Bonchev–Trinajstić information content (AvgIpc) is 3.19. The van der Waals surface area contributed by atoms with Crippen LogP contribution in [0, 0.1) is 0 Å². The molecule has 1 saturated heterocycles. The third kappa shape index (κ3) is 8.21. The standard InChI is InChI=1S/C21H34NO4Si.3C4H9.Sn/c1-9-25-20(23)19-18(26-27(7,8)21(3,4)5)14-15(2)22(19)16-10-12-17(24-6)13-11-16;3*1-3-4-2;/h10-15,18-19H,9H2,1-8H3;3*1,3-4H2,2H3;/t15-,18+,19+;;;;/m1..../s1. The summed E-state index contributed by atoms with van der Waals surface area (Å²) in [7, 11) is -0.490. The van der Waals surface area contributed by atoms with Gasteiger partial charge in [0.1, 0.15) is 0 Å². The Morgan fingerprint density at radius 3 is 1.82 bits per heavy atom. The first kappa shape index (κ1) is 35.5. The predicted molar refractivity (Wildman–Crippen MR) is 176 cm³/mol. The summed E-state index contributed by atoms with van der Waals surface area (Å²) < 4.78 is 23.4. The Hall–Kier alpha value is -0.734. The normalized spacial score (nSPS) is 22.0. The van der Waals surface area contributed by atoms with Crippen molar-refractivity contribution in [1.29, 1.82) is 0 Å². The van der Waals surface area contributed by atoms with Crippen molar-refractivity contribution in [1.82, 2.24) is 0 Å². The third-order valence-electron chi connectivity index (χ3n) is 9.85. The Labute approximate surface area is 252 Å². The van der Waals surface area contributed by atoms with E-state index < -0.39 is 32.7 Å². The number of esters is 1. The van der Waals surface area contributed by atoms with Crippen molar-refractivity contribution in [2.75, 3.05) is 18.6 Å². The zero-order valence-corrected chi connectivity index (χ0v) is 31.6. The molecule has 0 aliphatic carbocycles. The number of carbonyl (C=O) groups excluding carboxylic acids is 1. The number of rotatable bonds is 16. The molecule has 1 aromatic carbocycles. The molecule has 0 bridgehead atoms. The first-order valence-electron chi connectivity index (χ1n) is 16.1. The molecule has 40 heavy (non-hydrogen) atoms. The second-order valence-corrected chi connectivity index (χ2v) is 32.3. The maximum absolute atomic E-state index is 14.0. The van der Waals surface area contributed by atoms with Crippen LogP contribution in [0.25, 0.3) is 0 Å². The van der Waals surface area contributed by atoms with Crippen LogP contribution in [0.2, 0.25) is 35.4 Å². The van der Waals surface area contributed by atoms with E-state index in [2.05, 4.69) is 78.6 Å². The zero-order chi connectivity index (χ0) is 30.1. The molecule has 0 aromatic heterocycles. The molecular weight excluding hydrogens is 621 g/mol. The molecule has 2 rings (SSSR count). The number of ether oxygens (including phenoxy) is 2. The first-order chi connectivity index (χ1) is 18.8. The van der Waals surface area contributed by atoms with Crippen molar-refractivity contribution in [3.8, 4) is 5.75 Å². The van der Waals surface area contributed by atoms with Crippen molar-refractivity contribution in [2.45, 2.75) is 147 Å². The van der Waals surface area contributed by atoms with Gasteiger partial charge in [-0.1, -0.05) is 0 Å². The van der Waals surface area contributed by atoms with Crippen LogP contribution < -0.4 is 9.64 Å². The second-order valence-electron chi connectivity index (χ2n) is 13.6. The zero-order valence-electron chi connectivity index (χ0n) is 27.8. The molecule has 0 unspecified atom stereocenters. The van der Waals surface area contributed by atoms with Gasteiger partial charge in [-0.3, -0.25) is 0 Å². The Morgan fingerprint density at radius 1 is 0.925 bits per heavy atom. The number of anilines is 1. The van der Waals surface area contributed by atoms with Crippen LogP contribution in [0.3, 0.4) is 0 Å². The van der Waals surface area contributed by atoms with Crippen LogP contribution in [0.1, 0.15) is 93.9 Å². The summed E-state index contributed by atoms with van der Waals surface area (Å²) in [5.41, 5.74) is 1.07. The van der Waals surface area contributed by atoms with E-state index in [-0.39, 0.29) is 23.2 Å². The van der Waals surface area contributed by atoms with Gasteiger partial charge in [-0.2, -0.15) is 0 Å². The third-order valence-corrected chi connectivity index (χ3v) is 32.2. The van der Waals surface area contributed by atoms with Gasteiger partial charge >= 0.3 is 253 Å². The first-order valence-corrected chi connectivity index (χ1v) is 26.7. The summed E-state index contributed by atoms with van der Waals surface area (Å²) in [6.45, 7) is 23.4. The van der Waals surface area contributed by atoms with E-state index in [4.69, 9.17) is 13.9 Å². The molecule has 7 heteroatoms. The molecule has 0 spiro atoms. The predicted octanol–water partition coefficient (Wildman–Crippen LogP) is 9.45. The quantitative estimate of drug-likeness (QED) is 0.129. The van der Waals surface area contributed by atoms with E-state index in [9.17, 15) is 4.79 Å². The van der Waals surface area contributed by atoms with Crippen molar-refractivity contribution in [3.05, 3.63) is 24.3 Å². The van der Waals surface area contributed by atoms with Crippen molar-refractivity contribution < 1.29 is 18.7 Å². The van der Waals surface area contributed by atoms with E-state index in [1.54, 1.807) is 7.11 Å². The summed E-state index contributed by atoms with van der Waals surface area (Å²) in [6, 6.07) is 8.07. The summed E-state index contributed by atoms with van der Waals surface area (Å²) >= 11 is -2.92. The van der Waals surface area contributed by atoms with Gasteiger partial charge in [0, 0.05) is 0 Å². The topological polar surface area (TPSA) is 48.0 Å². The van der Waals surface area contributed by atoms with Crippen molar-refractivity contribution in [2.24, 2.45) is 0 Å². The Balaban J connectivity index is 2.84. The van der Waals surface area contributed by atoms with E-state index in [0.717, 1.165) is 11.4 Å². The van der Waals surface area contributed by atoms with Crippen LogP contribution in [0.4, 0.5) is 5.69 Å². The fraction of sp³-hybridized carbons (Fsp3) is 0.788. The van der Waals surface area contributed by atoms with E-state index in [1.165, 1.54) is 51.8 Å². The van der Waals surface area contributed by atoms with Crippen molar-refractivity contribution in [3.63, 3.8) is 0 Å². The molecular formula is C33H61NO4SiSn. The average molecular weight is 683 g/mol. The van der Waals surface area contributed by atoms with Gasteiger partial charge in [0.2, 0.25) is 0 Å². The molecule has 230 valence electrons. The summed E-state index contributed by atoms with van der Waals surface area (Å²) in [6.07, 6.45) is 7.46.